The van der Waals surface area contributed by atoms with Gasteiger partial charge in [0.05, 0.1) is 0 Å². The highest BCUT2D eigenvalue weighted by atomic mass is 32.1. The van der Waals surface area contributed by atoms with Gasteiger partial charge in [0.15, 0.2) is 0 Å². The van der Waals surface area contributed by atoms with Crippen LogP contribution < -0.4 is 0 Å². The molecule has 1 saturated heterocycles. The highest BCUT2D eigenvalue weighted by molar-refractivity contribution is 7.13. The van der Waals surface area contributed by atoms with Gasteiger partial charge in [-0.05, 0) is 52.6 Å². The maximum Gasteiger partial charge on any atom is 0.253 e. The van der Waals surface area contributed by atoms with Crippen molar-refractivity contribution in [3.63, 3.8) is 0 Å². The summed E-state index contributed by atoms with van der Waals surface area (Å²) in [4.78, 5) is 20.0. The van der Waals surface area contributed by atoms with Crippen LogP contribution in [0.4, 0.5) is 0 Å². The maximum absolute atomic E-state index is 12.7. The molecular weight excluding hydrogens is 360 g/mol. The van der Waals surface area contributed by atoms with Gasteiger partial charge in [0.1, 0.15) is 0 Å². The second-order valence-corrected chi connectivity index (χ2v) is 8.96. The van der Waals surface area contributed by atoms with Crippen molar-refractivity contribution in [3.05, 3.63) is 69.2 Å². The Morgan fingerprint density at radius 3 is 2.62 bits per heavy atom. The lowest BCUT2D eigenvalue weighted by Gasteiger charge is -2.46. The summed E-state index contributed by atoms with van der Waals surface area (Å²) < 4.78 is 0. The lowest BCUT2D eigenvalue weighted by atomic mass is 10.0. The average Bonchev–Trinajstić information content (AvgIpc) is 3.32. The molecule has 0 bridgehead atoms. The molecule has 2 aliphatic heterocycles. The Hall–Kier alpha value is -1.95. The summed E-state index contributed by atoms with van der Waals surface area (Å²) in [5.41, 5.74) is 3.45. The fraction of sp³-hybridized carbons (Fsp3) is 0.286. The Balaban J connectivity index is 1.20. The van der Waals surface area contributed by atoms with Crippen molar-refractivity contribution < 1.29 is 4.79 Å². The summed E-state index contributed by atoms with van der Waals surface area (Å²) in [6.07, 6.45) is 1.15. The van der Waals surface area contributed by atoms with Gasteiger partial charge in [0.25, 0.3) is 5.91 Å². The zero-order valence-electron chi connectivity index (χ0n) is 14.4. The summed E-state index contributed by atoms with van der Waals surface area (Å²) in [5.74, 6) is 0.159. The highest BCUT2D eigenvalue weighted by Crippen LogP contribution is 2.29. The van der Waals surface area contributed by atoms with Crippen LogP contribution in [0.15, 0.2) is 53.2 Å². The van der Waals surface area contributed by atoms with Crippen LogP contribution in [-0.2, 0) is 13.0 Å². The molecule has 0 aliphatic carbocycles. The number of nitrogens with zero attached hydrogens (tertiary/aromatic N) is 2. The molecule has 5 heteroatoms. The second-order valence-electron chi connectivity index (χ2n) is 7.01. The van der Waals surface area contributed by atoms with Gasteiger partial charge in [-0.25, -0.2) is 0 Å². The molecule has 0 N–H and O–H groups in total. The Morgan fingerprint density at radius 2 is 1.85 bits per heavy atom. The first-order valence-corrected chi connectivity index (χ1v) is 10.8. The first-order chi connectivity index (χ1) is 12.8. The Kier molecular flexibility index (Phi) is 4.15. The number of hydrogen-bond donors (Lipinski definition) is 0. The van der Waals surface area contributed by atoms with E-state index in [0.29, 0.717) is 6.04 Å². The Labute approximate surface area is 161 Å². The van der Waals surface area contributed by atoms with E-state index in [4.69, 9.17) is 0 Å². The van der Waals surface area contributed by atoms with Crippen molar-refractivity contribution in [2.75, 3.05) is 19.6 Å². The van der Waals surface area contributed by atoms with E-state index in [0.717, 1.165) is 38.2 Å². The monoisotopic (exact) mass is 380 g/mol. The van der Waals surface area contributed by atoms with Crippen LogP contribution in [0.5, 0.6) is 0 Å². The van der Waals surface area contributed by atoms with E-state index >= 15 is 0 Å². The number of fused-ring (bicyclic) bond motifs is 1. The van der Waals surface area contributed by atoms with E-state index in [1.807, 2.05) is 28.4 Å². The molecule has 1 amide bonds. The van der Waals surface area contributed by atoms with Crippen LogP contribution in [0.3, 0.4) is 0 Å². The van der Waals surface area contributed by atoms with Gasteiger partial charge >= 0.3 is 0 Å². The Morgan fingerprint density at radius 1 is 1.00 bits per heavy atom. The third-order valence-electron chi connectivity index (χ3n) is 5.44. The van der Waals surface area contributed by atoms with Gasteiger partial charge in [-0.3, -0.25) is 9.69 Å². The van der Waals surface area contributed by atoms with Crippen LogP contribution in [0.25, 0.3) is 10.4 Å². The highest BCUT2D eigenvalue weighted by Gasteiger charge is 2.36. The molecule has 0 saturated carbocycles. The number of amides is 1. The number of rotatable bonds is 3. The van der Waals surface area contributed by atoms with Crippen LogP contribution in [0.2, 0.25) is 0 Å². The van der Waals surface area contributed by atoms with Crippen molar-refractivity contribution in [2.45, 2.75) is 19.0 Å². The van der Waals surface area contributed by atoms with E-state index in [-0.39, 0.29) is 5.91 Å². The molecule has 2 aromatic heterocycles. The molecule has 0 atom stereocenters. The van der Waals surface area contributed by atoms with E-state index < -0.39 is 0 Å². The molecule has 3 aromatic rings. The van der Waals surface area contributed by atoms with Crippen LogP contribution in [0.1, 0.15) is 20.8 Å². The van der Waals surface area contributed by atoms with Gasteiger partial charge in [0, 0.05) is 47.5 Å². The van der Waals surface area contributed by atoms with Crippen molar-refractivity contribution in [3.8, 4) is 10.4 Å². The summed E-state index contributed by atoms with van der Waals surface area (Å²) in [6.45, 7) is 3.87. The first-order valence-electron chi connectivity index (χ1n) is 9.00. The molecule has 0 spiro atoms. The standard InChI is InChI=1S/C21H20N2OS2/c24-21(16-5-3-15(4-6-16)19-2-1-10-25-19)23-13-18(14-23)22-9-7-20-17(12-22)8-11-26-20/h1-6,8,10-11,18H,7,9,12-14H2. The van der Waals surface area contributed by atoms with Gasteiger partial charge < -0.3 is 4.90 Å². The minimum Gasteiger partial charge on any atom is -0.335 e. The molecule has 1 fully saturated rings. The SMILES string of the molecule is O=C(c1ccc(-c2cccs2)cc1)N1CC(N2CCc3sccc3C2)C1. The molecule has 1 aromatic carbocycles. The fourth-order valence-electron chi connectivity index (χ4n) is 3.84. The zero-order valence-corrected chi connectivity index (χ0v) is 16.1. The number of carbonyl (C=O) groups is 1. The third-order valence-corrected chi connectivity index (χ3v) is 7.38. The zero-order chi connectivity index (χ0) is 17.5. The number of likely N-dealkylation sites (tertiary alicyclic amines) is 1. The van der Waals surface area contributed by atoms with Crippen molar-refractivity contribution >= 4 is 28.6 Å². The minimum absolute atomic E-state index is 0.159. The lowest BCUT2D eigenvalue weighted by molar-refractivity contribution is 0.0221. The molecule has 132 valence electrons. The summed E-state index contributed by atoms with van der Waals surface area (Å²) >= 11 is 3.60. The molecule has 3 nitrogen and oxygen atoms in total. The van der Waals surface area contributed by atoms with E-state index in [1.165, 1.54) is 16.0 Å². The second kappa shape index (κ2) is 6.65. The number of thiophene rings is 2. The predicted molar refractivity (Wildman–Crippen MR) is 108 cm³/mol. The normalized spacial score (nSPS) is 17.8. The van der Waals surface area contributed by atoms with Gasteiger partial charge in [0.2, 0.25) is 0 Å². The summed E-state index contributed by atoms with van der Waals surface area (Å²) in [7, 11) is 0. The van der Waals surface area contributed by atoms with Crippen molar-refractivity contribution in [1.29, 1.82) is 0 Å². The van der Waals surface area contributed by atoms with Crippen LogP contribution in [0, 0.1) is 0 Å². The predicted octanol–water partition coefficient (Wildman–Crippen LogP) is 4.36. The topological polar surface area (TPSA) is 23.6 Å². The van der Waals surface area contributed by atoms with Crippen LogP contribution in [-0.4, -0.2) is 41.4 Å². The van der Waals surface area contributed by atoms with Crippen molar-refractivity contribution in [2.24, 2.45) is 0 Å². The summed E-state index contributed by atoms with van der Waals surface area (Å²) in [5, 5.41) is 4.28. The van der Waals surface area contributed by atoms with Gasteiger partial charge in [-0.15, -0.1) is 22.7 Å². The third kappa shape index (κ3) is 2.90. The molecule has 4 heterocycles. The number of carbonyl (C=O) groups excluding carboxylic acids is 1. The molecular formula is C21H20N2OS2. The molecule has 0 unspecified atom stereocenters. The number of benzene rings is 1. The molecule has 26 heavy (non-hydrogen) atoms. The summed E-state index contributed by atoms with van der Waals surface area (Å²) in [6, 6.07) is 15.0. The van der Waals surface area contributed by atoms with E-state index in [1.54, 1.807) is 16.2 Å². The quantitative estimate of drug-likeness (QED) is 0.674. The molecule has 2 aliphatic rings. The van der Waals surface area contributed by atoms with E-state index in [9.17, 15) is 4.79 Å². The van der Waals surface area contributed by atoms with Gasteiger partial charge in [-0.2, -0.15) is 0 Å². The Bertz CT molecular complexity index is 908. The molecule has 0 radical (unpaired) electrons. The number of hydrogen-bond acceptors (Lipinski definition) is 4. The van der Waals surface area contributed by atoms with Gasteiger partial charge in [-0.1, -0.05) is 18.2 Å². The smallest absolute Gasteiger partial charge is 0.253 e. The first kappa shape index (κ1) is 16.2. The largest absolute Gasteiger partial charge is 0.335 e. The van der Waals surface area contributed by atoms with E-state index in [2.05, 4.69) is 46.0 Å². The lowest BCUT2D eigenvalue weighted by Crippen LogP contribution is -2.61. The average molecular weight is 381 g/mol. The minimum atomic E-state index is 0.159. The van der Waals surface area contributed by atoms with Crippen molar-refractivity contribution in [1.82, 2.24) is 9.80 Å². The maximum atomic E-state index is 12.7. The van der Waals surface area contributed by atoms with Crippen LogP contribution >= 0.6 is 22.7 Å². The fourth-order valence-corrected chi connectivity index (χ4v) is 5.46. The molecule has 5 rings (SSSR count).